The van der Waals surface area contributed by atoms with Crippen molar-refractivity contribution in [2.24, 2.45) is 0 Å². The lowest BCUT2D eigenvalue weighted by Gasteiger charge is -2.12. The molecule has 0 fully saturated rings. The molecule has 4 nitrogen and oxygen atoms in total. The number of benzene rings is 2. The molecule has 0 saturated heterocycles. The summed E-state index contributed by atoms with van der Waals surface area (Å²) in [6.45, 7) is 0. The van der Waals surface area contributed by atoms with Crippen LogP contribution in [0.1, 0.15) is 11.5 Å². The van der Waals surface area contributed by atoms with Gasteiger partial charge in [-0.15, -0.1) is 0 Å². The van der Waals surface area contributed by atoms with Crippen molar-refractivity contribution < 1.29 is 9.59 Å². The predicted octanol–water partition coefficient (Wildman–Crippen LogP) is 3.04. The summed E-state index contributed by atoms with van der Waals surface area (Å²) in [4.78, 5) is 26.3. The van der Waals surface area contributed by atoms with E-state index in [2.05, 4.69) is 5.32 Å². The van der Waals surface area contributed by atoms with Crippen molar-refractivity contribution in [1.29, 1.82) is 0 Å². The molecule has 1 aliphatic heterocycles. The Hall–Kier alpha value is -2.33. The molecule has 1 atom stereocenters. The second-order valence-electron chi connectivity index (χ2n) is 4.89. The molecule has 0 radical (unpaired) electrons. The van der Waals surface area contributed by atoms with Gasteiger partial charge in [0.2, 0.25) is 11.8 Å². The highest BCUT2D eigenvalue weighted by molar-refractivity contribution is 6.31. The normalized spacial score (nSPS) is 16.8. The first-order valence-corrected chi connectivity index (χ1v) is 6.88. The number of amides is 2. The number of para-hydroxylation sites is 1. The number of hydrogen-bond acceptors (Lipinski definition) is 2. The Morgan fingerprint density at radius 2 is 1.95 bits per heavy atom. The number of nitrogens with zero attached hydrogens (tertiary/aromatic N) is 1. The first-order chi connectivity index (χ1) is 10.1. The van der Waals surface area contributed by atoms with Crippen LogP contribution in [0.3, 0.4) is 0 Å². The molecular formula is C16H13ClN2O2. The fraction of sp³-hybridized carbons (Fsp3) is 0.125. The Labute approximate surface area is 127 Å². The van der Waals surface area contributed by atoms with Gasteiger partial charge in [0.15, 0.2) is 0 Å². The zero-order chi connectivity index (χ0) is 15.0. The van der Waals surface area contributed by atoms with Gasteiger partial charge in [-0.2, -0.15) is 0 Å². The van der Waals surface area contributed by atoms with Gasteiger partial charge in [-0.1, -0.05) is 35.9 Å². The molecule has 0 spiro atoms. The molecule has 1 N–H and O–H groups in total. The molecule has 0 aromatic heterocycles. The summed E-state index contributed by atoms with van der Waals surface area (Å²) < 4.78 is 0. The predicted molar refractivity (Wildman–Crippen MR) is 82.7 cm³/mol. The van der Waals surface area contributed by atoms with Gasteiger partial charge in [0.25, 0.3) is 0 Å². The number of hydrogen-bond donors (Lipinski definition) is 1. The largest absolute Gasteiger partial charge is 0.325 e. The Balaban J connectivity index is 1.90. The van der Waals surface area contributed by atoms with E-state index in [4.69, 9.17) is 11.6 Å². The van der Waals surface area contributed by atoms with Crippen molar-refractivity contribution in [3.05, 3.63) is 59.1 Å². The lowest BCUT2D eigenvalue weighted by atomic mass is 10.00. The van der Waals surface area contributed by atoms with Crippen LogP contribution in [-0.2, 0) is 9.59 Å². The Bertz CT molecular complexity index is 730. The van der Waals surface area contributed by atoms with Crippen molar-refractivity contribution >= 4 is 34.8 Å². The van der Waals surface area contributed by atoms with E-state index in [1.54, 1.807) is 37.4 Å². The minimum absolute atomic E-state index is 0.226. The minimum atomic E-state index is -0.815. The fourth-order valence-electron chi connectivity index (χ4n) is 2.52. The molecule has 106 valence electrons. The summed E-state index contributed by atoms with van der Waals surface area (Å²) in [7, 11) is 1.67. The summed E-state index contributed by atoms with van der Waals surface area (Å²) in [6.07, 6.45) is 0. The van der Waals surface area contributed by atoms with Gasteiger partial charge < -0.3 is 10.2 Å². The first kappa shape index (κ1) is 13.6. The minimum Gasteiger partial charge on any atom is -0.325 e. The number of rotatable bonds is 2. The lowest BCUT2D eigenvalue weighted by molar-refractivity contribution is -0.126. The second kappa shape index (κ2) is 5.22. The highest BCUT2D eigenvalue weighted by atomic mass is 35.5. The van der Waals surface area contributed by atoms with E-state index < -0.39 is 5.92 Å². The van der Waals surface area contributed by atoms with E-state index in [0.717, 1.165) is 11.3 Å². The smallest absolute Gasteiger partial charge is 0.243 e. The molecule has 0 aliphatic carbocycles. The van der Waals surface area contributed by atoms with Crippen LogP contribution < -0.4 is 10.2 Å². The maximum absolute atomic E-state index is 12.4. The van der Waals surface area contributed by atoms with E-state index >= 15 is 0 Å². The summed E-state index contributed by atoms with van der Waals surface area (Å²) in [5, 5.41) is 3.28. The molecule has 0 unspecified atom stereocenters. The number of halogens is 1. The average molecular weight is 301 g/mol. The van der Waals surface area contributed by atoms with Gasteiger partial charge in [0.05, 0.1) is 0 Å². The van der Waals surface area contributed by atoms with Gasteiger partial charge in [0, 0.05) is 23.4 Å². The zero-order valence-corrected chi connectivity index (χ0v) is 12.1. The molecule has 21 heavy (non-hydrogen) atoms. The van der Waals surface area contributed by atoms with Gasteiger partial charge in [-0.05, 0) is 29.8 Å². The molecule has 0 bridgehead atoms. The summed E-state index contributed by atoms with van der Waals surface area (Å²) in [6, 6.07) is 14.2. The number of nitrogens with one attached hydrogen (secondary N) is 1. The molecular weight excluding hydrogens is 288 g/mol. The summed E-state index contributed by atoms with van der Waals surface area (Å²) in [5.74, 6) is -1.39. The SMILES string of the molecule is CN1C(=O)[C@H](C(=O)Nc2cccc(Cl)c2)c2ccccc21. The van der Waals surface area contributed by atoms with Crippen molar-refractivity contribution in [3.63, 3.8) is 0 Å². The number of carbonyl (C=O) groups excluding carboxylic acids is 2. The third-order valence-corrected chi connectivity index (χ3v) is 3.78. The maximum Gasteiger partial charge on any atom is 0.243 e. The van der Waals surface area contributed by atoms with Gasteiger partial charge in [-0.25, -0.2) is 0 Å². The van der Waals surface area contributed by atoms with E-state index in [0.29, 0.717) is 10.7 Å². The Morgan fingerprint density at radius 1 is 1.19 bits per heavy atom. The van der Waals surface area contributed by atoms with Crippen LogP contribution in [0.25, 0.3) is 0 Å². The molecule has 2 aromatic rings. The second-order valence-corrected chi connectivity index (χ2v) is 5.33. The quantitative estimate of drug-likeness (QED) is 0.867. The van der Waals surface area contributed by atoms with Crippen LogP contribution in [0.4, 0.5) is 11.4 Å². The molecule has 1 heterocycles. The molecule has 2 amide bonds. The monoisotopic (exact) mass is 300 g/mol. The van der Waals surface area contributed by atoms with E-state index in [9.17, 15) is 9.59 Å². The third-order valence-electron chi connectivity index (χ3n) is 3.54. The first-order valence-electron chi connectivity index (χ1n) is 6.51. The fourth-order valence-corrected chi connectivity index (χ4v) is 2.71. The van der Waals surface area contributed by atoms with Gasteiger partial charge >= 0.3 is 0 Å². The average Bonchev–Trinajstić information content (AvgIpc) is 2.71. The van der Waals surface area contributed by atoms with Crippen LogP contribution in [-0.4, -0.2) is 18.9 Å². The van der Waals surface area contributed by atoms with Crippen LogP contribution >= 0.6 is 11.6 Å². The van der Waals surface area contributed by atoms with Crippen LogP contribution in [0.15, 0.2) is 48.5 Å². The standard InChI is InChI=1S/C16H13ClN2O2/c1-19-13-8-3-2-7-12(13)14(16(19)21)15(20)18-11-6-4-5-10(17)9-11/h2-9,14H,1H3,(H,18,20)/t14-/m0/s1. The highest BCUT2D eigenvalue weighted by Crippen LogP contribution is 2.36. The molecule has 0 saturated carbocycles. The van der Waals surface area contributed by atoms with Crippen LogP contribution in [0, 0.1) is 0 Å². The lowest BCUT2D eigenvalue weighted by Crippen LogP contribution is -2.31. The zero-order valence-electron chi connectivity index (χ0n) is 11.3. The van der Waals surface area contributed by atoms with Gasteiger partial charge in [0.1, 0.15) is 5.92 Å². The number of fused-ring (bicyclic) bond motifs is 1. The van der Waals surface area contributed by atoms with Crippen molar-refractivity contribution in [2.75, 3.05) is 17.3 Å². The molecule has 3 rings (SSSR count). The summed E-state index contributed by atoms with van der Waals surface area (Å²) in [5.41, 5.74) is 2.07. The number of anilines is 2. The molecule has 5 heteroatoms. The Kier molecular flexibility index (Phi) is 3.39. The van der Waals surface area contributed by atoms with E-state index in [-0.39, 0.29) is 11.8 Å². The van der Waals surface area contributed by atoms with Crippen LogP contribution in [0.2, 0.25) is 5.02 Å². The third kappa shape index (κ3) is 2.38. The topological polar surface area (TPSA) is 49.4 Å². The maximum atomic E-state index is 12.4. The number of likely N-dealkylation sites (N-methyl/N-ethyl adjacent to an activating group) is 1. The van der Waals surface area contributed by atoms with E-state index in [1.807, 2.05) is 18.2 Å². The van der Waals surface area contributed by atoms with Crippen molar-refractivity contribution in [2.45, 2.75) is 5.92 Å². The Morgan fingerprint density at radius 3 is 2.71 bits per heavy atom. The van der Waals surface area contributed by atoms with Crippen molar-refractivity contribution in [1.82, 2.24) is 0 Å². The van der Waals surface area contributed by atoms with Crippen LogP contribution in [0.5, 0.6) is 0 Å². The highest BCUT2D eigenvalue weighted by Gasteiger charge is 2.39. The van der Waals surface area contributed by atoms with Gasteiger partial charge in [-0.3, -0.25) is 9.59 Å². The van der Waals surface area contributed by atoms with Crippen molar-refractivity contribution in [3.8, 4) is 0 Å². The van der Waals surface area contributed by atoms with E-state index in [1.165, 1.54) is 4.90 Å². The molecule has 1 aliphatic rings. The number of carbonyl (C=O) groups is 2. The summed E-state index contributed by atoms with van der Waals surface area (Å²) >= 11 is 5.89. The molecule has 2 aromatic carbocycles.